The summed E-state index contributed by atoms with van der Waals surface area (Å²) in [6, 6.07) is 32.6. The van der Waals surface area contributed by atoms with Crippen LogP contribution in [0.5, 0.6) is 0 Å². The summed E-state index contributed by atoms with van der Waals surface area (Å²) in [5.74, 6) is 0. The number of para-hydroxylation sites is 2. The Labute approximate surface area is 236 Å². The van der Waals surface area contributed by atoms with Crippen LogP contribution in [0.3, 0.4) is 0 Å². The molecule has 0 aliphatic carbocycles. The van der Waals surface area contributed by atoms with E-state index in [9.17, 15) is 4.79 Å². The lowest BCUT2D eigenvalue weighted by Gasteiger charge is -2.32. The number of aromatic amines is 1. The number of benzene rings is 4. The molecule has 7 heteroatoms. The normalized spacial score (nSPS) is 14.7. The van der Waals surface area contributed by atoms with Gasteiger partial charge in [0.2, 0.25) is 0 Å². The molecule has 0 amide bonds. The zero-order chi connectivity index (χ0) is 27.1. The summed E-state index contributed by atoms with van der Waals surface area (Å²) >= 11 is 6.25. The van der Waals surface area contributed by atoms with Gasteiger partial charge >= 0.3 is 5.69 Å². The van der Waals surface area contributed by atoms with Crippen LogP contribution in [0.1, 0.15) is 24.4 Å². The van der Waals surface area contributed by atoms with E-state index in [0.29, 0.717) is 5.02 Å². The molecule has 0 saturated carbocycles. The highest BCUT2D eigenvalue weighted by molar-refractivity contribution is 6.31. The number of likely N-dealkylation sites (tertiary alicyclic amines) is 1. The van der Waals surface area contributed by atoms with Gasteiger partial charge in [0.1, 0.15) is 0 Å². The number of nitrogens with one attached hydrogen (secondary N) is 1. The quantitative estimate of drug-likeness (QED) is 0.251. The summed E-state index contributed by atoms with van der Waals surface area (Å²) < 4.78 is 1.95. The van der Waals surface area contributed by atoms with Crippen LogP contribution >= 0.6 is 11.6 Å². The number of piperidine rings is 1. The number of hydrogen-bond acceptors (Lipinski definition) is 4. The van der Waals surface area contributed by atoms with Crippen LogP contribution in [0.15, 0.2) is 102 Å². The van der Waals surface area contributed by atoms with Crippen molar-refractivity contribution >= 4 is 33.7 Å². The van der Waals surface area contributed by atoms with Gasteiger partial charge in [-0.15, -0.1) is 0 Å². The van der Waals surface area contributed by atoms with Gasteiger partial charge in [-0.1, -0.05) is 78.3 Å². The standard InChI is InChI=1S/C33H28ClN5O/c34-25-14-15-27-29(20-25)36-31(23-6-2-1-3-7-23)32(35-27)24-12-10-22(11-13-24)21-38-18-16-26(17-19-38)39-30-9-5-4-8-28(30)37-33(39)40/h1-15,20,26H,16-19,21H2,(H,37,40). The Kier molecular flexibility index (Phi) is 6.42. The Hall–Kier alpha value is -4.26. The van der Waals surface area contributed by atoms with Gasteiger partial charge in [-0.05, 0) is 48.7 Å². The Morgan fingerprint density at radius 3 is 2.23 bits per heavy atom. The van der Waals surface area contributed by atoms with Crippen LogP contribution in [-0.4, -0.2) is 37.5 Å². The molecular weight excluding hydrogens is 518 g/mol. The summed E-state index contributed by atoms with van der Waals surface area (Å²) in [6.07, 6.45) is 1.91. The molecule has 6 aromatic rings. The molecule has 1 aliphatic rings. The van der Waals surface area contributed by atoms with E-state index in [0.717, 1.165) is 77.1 Å². The Morgan fingerprint density at radius 1 is 0.775 bits per heavy atom. The molecule has 1 fully saturated rings. The van der Waals surface area contributed by atoms with Gasteiger partial charge in [-0.25, -0.2) is 14.8 Å². The second-order valence-corrected chi connectivity index (χ2v) is 10.9. The zero-order valence-electron chi connectivity index (χ0n) is 21.9. The summed E-state index contributed by atoms with van der Waals surface area (Å²) in [5, 5.41) is 0.649. The van der Waals surface area contributed by atoms with Crippen molar-refractivity contribution in [3.8, 4) is 22.5 Å². The van der Waals surface area contributed by atoms with Gasteiger partial charge in [0.15, 0.2) is 0 Å². The first-order chi connectivity index (χ1) is 19.6. The average molecular weight is 546 g/mol. The van der Waals surface area contributed by atoms with Crippen LogP contribution in [-0.2, 0) is 6.54 Å². The second kappa shape index (κ2) is 10.4. The molecule has 0 bridgehead atoms. The van der Waals surface area contributed by atoms with Crippen molar-refractivity contribution in [3.63, 3.8) is 0 Å². The lowest BCUT2D eigenvalue weighted by molar-refractivity contribution is 0.180. The number of H-pyrrole nitrogens is 1. The van der Waals surface area contributed by atoms with E-state index in [1.54, 1.807) is 0 Å². The first kappa shape index (κ1) is 24.8. The lowest BCUT2D eigenvalue weighted by atomic mass is 10.0. The maximum atomic E-state index is 12.6. The first-order valence-corrected chi connectivity index (χ1v) is 14.0. The molecule has 2 aromatic heterocycles. The third kappa shape index (κ3) is 4.70. The van der Waals surface area contributed by atoms with Crippen molar-refractivity contribution in [2.75, 3.05) is 13.1 Å². The summed E-state index contributed by atoms with van der Waals surface area (Å²) in [6.45, 7) is 2.79. The van der Waals surface area contributed by atoms with Gasteiger partial charge in [0.05, 0.1) is 33.5 Å². The molecule has 40 heavy (non-hydrogen) atoms. The number of nitrogens with zero attached hydrogens (tertiary/aromatic N) is 4. The molecule has 1 saturated heterocycles. The van der Waals surface area contributed by atoms with E-state index >= 15 is 0 Å². The Balaban J connectivity index is 1.10. The first-order valence-electron chi connectivity index (χ1n) is 13.7. The molecule has 0 spiro atoms. The number of halogens is 1. The van der Waals surface area contributed by atoms with Gasteiger partial charge in [0.25, 0.3) is 0 Å². The topological polar surface area (TPSA) is 66.8 Å². The molecule has 1 aliphatic heterocycles. The highest BCUT2D eigenvalue weighted by Crippen LogP contribution is 2.32. The summed E-state index contributed by atoms with van der Waals surface area (Å²) in [5.41, 5.74) is 8.51. The third-order valence-electron chi connectivity index (χ3n) is 7.85. The maximum Gasteiger partial charge on any atom is 0.326 e. The lowest BCUT2D eigenvalue weighted by Crippen LogP contribution is -2.36. The summed E-state index contributed by atoms with van der Waals surface area (Å²) in [7, 11) is 0. The van der Waals surface area contributed by atoms with Gasteiger partial charge in [0, 0.05) is 41.8 Å². The van der Waals surface area contributed by atoms with Gasteiger partial charge < -0.3 is 4.98 Å². The minimum absolute atomic E-state index is 0.00926. The third-order valence-corrected chi connectivity index (χ3v) is 8.09. The molecule has 0 atom stereocenters. The van der Waals surface area contributed by atoms with E-state index in [2.05, 4.69) is 46.3 Å². The molecule has 0 radical (unpaired) electrons. The summed E-state index contributed by atoms with van der Waals surface area (Å²) in [4.78, 5) is 28.1. The highest BCUT2D eigenvalue weighted by atomic mass is 35.5. The van der Waals surface area contributed by atoms with Crippen molar-refractivity contribution in [1.29, 1.82) is 0 Å². The Bertz CT molecular complexity index is 1870. The van der Waals surface area contributed by atoms with Gasteiger partial charge in [-0.3, -0.25) is 9.47 Å². The van der Waals surface area contributed by atoms with Crippen LogP contribution in [0.25, 0.3) is 44.6 Å². The van der Waals surface area contributed by atoms with E-state index in [4.69, 9.17) is 21.6 Å². The number of fused-ring (bicyclic) bond motifs is 2. The zero-order valence-corrected chi connectivity index (χ0v) is 22.7. The predicted octanol–water partition coefficient (Wildman–Crippen LogP) is 7.10. The number of aromatic nitrogens is 4. The average Bonchev–Trinajstić information content (AvgIpc) is 3.33. The van der Waals surface area contributed by atoms with Crippen LogP contribution < -0.4 is 5.69 Å². The van der Waals surface area contributed by atoms with Crippen molar-refractivity contribution < 1.29 is 0 Å². The van der Waals surface area contributed by atoms with Gasteiger partial charge in [-0.2, -0.15) is 0 Å². The number of rotatable bonds is 5. The van der Waals surface area contributed by atoms with E-state index in [1.165, 1.54) is 5.56 Å². The monoisotopic (exact) mass is 545 g/mol. The van der Waals surface area contributed by atoms with Crippen LogP contribution in [0, 0.1) is 0 Å². The van der Waals surface area contributed by atoms with Crippen LogP contribution in [0.2, 0.25) is 5.02 Å². The van der Waals surface area contributed by atoms with Crippen molar-refractivity contribution in [2.24, 2.45) is 0 Å². The molecule has 6 nitrogen and oxygen atoms in total. The predicted molar refractivity (Wildman–Crippen MR) is 162 cm³/mol. The molecule has 1 N–H and O–H groups in total. The smallest absolute Gasteiger partial charge is 0.306 e. The molecule has 198 valence electrons. The maximum absolute atomic E-state index is 12.6. The Morgan fingerprint density at radius 2 is 1.45 bits per heavy atom. The number of imidazole rings is 1. The van der Waals surface area contributed by atoms with Crippen LogP contribution in [0.4, 0.5) is 0 Å². The molecule has 7 rings (SSSR count). The highest BCUT2D eigenvalue weighted by Gasteiger charge is 2.23. The van der Waals surface area contributed by atoms with Crippen molar-refractivity contribution in [3.05, 3.63) is 118 Å². The fraction of sp³-hybridized carbons (Fsp3) is 0.182. The van der Waals surface area contributed by atoms with Crippen molar-refractivity contribution in [1.82, 2.24) is 24.4 Å². The largest absolute Gasteiger partial charge is 0.326 e. The molecule has 3 heterocycles. The fourth-order valence-electron chi connectivity index (χ4n) is 5.82. The molecular formula is C33H28ClN5O. The van der Waals surface area contributed by atoms with E-state index < -0.39 is 0 Å². The molecule has 0 unspecified atom stereocenters. The number of hydrogen-bond donors (Lipinski definition) is 1. The van der Waals surface area contributed by atoms with E-state index in [-0.39, 0.29) is 11.7 Å². The minimum atomic E-state index is -0.00926. The second-order valence-electron chi connectivity index (χ2n) is 10.4. The van der Waals surface area contributed by atoms with E-state index in [1.807, 2.05) is 65.2 Å². The minimum Gasteiger partial charge on any atom is -0.306 e. The SMILES string of the molecule is O=c1[nH]c2ccccc2n1C1CCN(Cc2ccc(-c3nc4ccc(Cl)cc4nc3-c3ccccc3)cc2)CC1. The van der Waals surface area contributed by atoms with Crippen molar-refractivity contribution in [2.45, 2.75) is 25.4 Å². The molecule has 4 aromatic carbocycles. The fourth-order valence-corrected chi connectivity index (χ4v) is 5.99.